The number of amides is 1. The van der Waals surface area contributed by atoms with Crippen molar-refractivity contribution in [2.24, 2.45) is 0 Å². The molecule has 2 aromatic rings. The Morgan fingerprint density at radius 1 is 1.16 bits per heavy atom. The molecule has 2 N–H and O–H groups in total. The Bertz CT molecular complexity index is 1110. The molecule has 1 fully saturated rings. The van der Waals surface area contributed by atoms with Gasteiger partial charge in [0.25, 0.3) is 5.91 Å². The number of rotatable bonds is 10. The third kappa shape index (κ3) is 9.34. The van der Waals surface area contributed by atoms with Crippen molar-refractivity contribution in [2.75, 3.05) is 32.8 Å². The van der Waals surface area contributed by atoms with Crippen molar-refractivity contribution in [3.63, 3.8) is 0 Å². The number of esters is 1. The molecule has 1 amide bonds. The number of hydrogen-bond donors (Lipinski definition) is 2. The summed E-state index contributed by atoms with van der Waals surface area (Å²) < 4.78 is 16.8. The largest absolute Gasteiger partial charge is 0.490 e. The fraction of sp³-hybridized carbons (Fsp3) is 0.500. The molecule has 1 saturated heterocycles. The summed E-state index contributed by atoms with van der Waals surface area (Å²) in [7, 11) is 0. The maximum atomic E-state index is 12.6. The van der Waals surface area contributed by atoms with E-state index in [1.807, 2.05) is 13.0 Å². The molecule has 0 radical (unpaired) electrons. The molecule has 0 saturated carbocycles. The molecule has 2 aromatic carbocycles. The Hall–Kier alpha value is -2.52. The number of nitrogens with one attached hydrogen (secondary N) is 1. The minimum atomic E-state index is -0.722. The predicted octanol–water partition coefficient (Wildman–Crippen LogP) is 4.66. The summed E-state index contributed by atoms with van der Waals surface area (Å²) in [5.41, 5.74) is 0.597. The van der Waals surface area contributed by atoms with Crippen LogP contribution in [0.1, 0.15) is 49.5 Å². The Balaban J connectivity index is 1.39. The van der Waals surface area contributed by atoms with Crippen molar-refractivity contribution in [1.82, 2.24) is 10.2 Å². The molecule has 0 spiro atoms. The second-order valence-corrected chi connectivity index (χ2v) is 11.2. The SMILES string of the molecule is Cc1c(OC2CCN(C[C@H](O)CNC(=O)c3cccc(OCC(=O)OC(C)(C)C)c3)CC2)ccc(Cl)c1Cl. The third-order valence-electron chi connectivity index (χ3n) is 5.96. The summed E-state index contributed by atoms with van der Waals surface area (Å²) in [5, 5.41) is 14.3. The summed E-state index contributed by atoms with van der Waals surface area (Å²) in [5.74, 6) is 0.288. The van der Waals surface area contributed by atoms with Gasteiger partial charge >= 0.3 is 5.97 Å². The lowest BCUT2D eigenvalue weighted by Gasteiger charge is -2.33. The summed E-state index contributed by atoms with van der Waals surface area (Å²) in [6, 6.07) is 10.1. The van der Waals surface area contributed by atoms with E-state index in [1.54, 1.807) is 51.1 Å². The third-order valence-corrected chi connectivity index (χ3v) is 6.86. The lowest BCUT2D eigenvalue weighted by molar-refractivity contribution is -0.157. The number of aliphatic hydroxyl groups is 1. The lowest BCUT2D eigenvalue weighted by atomic mass is 10.1. The van der Waals surface area contributed by atoms with Gasteiger partial charge in [-0.1, -0.05) is 29.3 Å². The summed E-state index contributed by atoms with van der Waals surface area (Å²) in [6.07, 6.45) is 0.966. The van der Waals surface area contributed by atoms with Gasteiger partial charge in [-0.25, -0.2) is 4.79 Å². The van der Waals surface area contributed by atoms with Gasteiger partial charge in [0.15, 0.2) is 6.61 Å². The molecule has 208 valence electrons. The van der Waals surface area contributed by atoms with Crippen molar-refractivity contribution in [3.05, 3.63) is 57.6 Å². The van der Waals surface area contributed by atoms with Gasteiger partial charge < -0.3 is 29.5 Å². The van der Waals surface area contributed by atoms with Crippen LogP contribution in [0, 0.1) is 6.92 Å². The van der Waals surface area contributed by atoms with E-state index in [0.717, 1.165) is 37.2 Å². The fourth-order valence-electron chi connectivity index (χ4n) is 4.07. The molecule has 0 bridgehead atoms. The number of ether oxygens (including phenoxy) is 3. The number of likely N-dealkylation sites (tertiary alicyclic amines) is 1. The van der Waals surface area contributed by atoms with E-state index in [1.165, 1.54) is 0 Å². The molecule has 0 aliphatic carbocycles. The standard InChI is InChI=1S/C28H36Cl2N2O6/c1-18-24(9-8-23(29)26(18)30)37-21-10-12-32(13-11-21)16-20(33)15-31-27(35)19-6-5-7-22(14-19)36-17-25(34)38-28(2,3)4/h5-9,14,20-21,33H,10-13,15-17H2,1-4H3,(H,31,35)/t20-/m1/s1. The van der Waals surface area contributed by atoms with Crippen LogP contribution in [-0.2, 0) is 9.53 Å². The van der Waals surface area contributed by atoms with Gasteiger partial charge in [0, 0.05) is 37.3 Å². The van der Waals surface area contributed by atoms with Gasteiger partial charge in [-0.05, 0) is 70.9 Å². The van der Waals surface area contributed by atoms with Crippen LogP contribution >= 0.6 is 23.2 Å². The average Bonchev–Trinajstić information content (AvgIpc) is 2.86. The second kappa shape index (κ2) is 13.5. The van der Waals surface area contributed by atoms with E-state index in [9.17, 15) is 14.7 Å². The summed E-state index contributed by atoms with van der Waals surface area (Å²) in [4.78, 5) is 26.6. The quantitative estimate of drug-likeness (QED) is 0.404. The predicted molar refractivity (Wildman–Crippen MR) is 147 cm³/mol. The van der Waals surface area contributed by atoms with E-state index in [2.05, 4.69) is 10.2 Å². The van der Waals surface area contributed by atoms with Crippen molar-refractivity contribution < 1.29 is 28.9 Å². The van der Waals surface area contributed by atoms with Gasteiger partial charge in [0.1, 0.15) is 23.2 Å². The second-order valence-electron chi connectivity index (χ2n) is 10.4. The molecule has 1 aliphatic rings. The van der Waals surface area contributed by atoms with Crippen LogP contribution in [0.4, 0.5) is 0 Å². The molecular weight excluding hydrogens is 531 g/mol. The Morgan fingerprint density at radius 3 is 2.55 bits per heavy atom. The molecule has 8 nitrogen and oxygen atoms in total. The highest BCUT2D eigenvalue weighted by Crippen LogP contribution is 2.33. The topological polar surface area (TPSA) is 97.3 Å². The molecule has 38 heavy (non-hydrogen) atoms. The first-order valence-electron chi connectivity index (χ1n) is 12.7. The fourth-order valence-corrected chi connectivity index (χ4v) is 4.43. The highest BCUT2D eigenvalue weighted by molar-refractivity contribution is 6.42. The zero-order chi connectivity index (χ0) is 27.9. The van der Waals surface area contributed by atoms with Crippen LogP contribution in [0.15, 0.2) is 36.4 Å². The van der Waals surface area contributed by atoms with Gasteiger partial charge in [-0.3, -0.25) is 4.79 Å². The molecule has 1 aliphatic heterocycles. The number of halogens is 2. The molecule has 10 heteroatoms. The molecule has 1 heterocycles. The van der Waals surface area contributed by atoms with Crippen LogP contribution in [0.2, 0.25) is 10.0 Å². The molecule has 0 aromatic heterocycles. The molecule has 3 rings (SSSR count). The van der Waals surface area contributed by atoms with Gasteiger partial charge in [0.2, 0.25) is 0 Å². The number of aliphatic hydroxyl groups excluding tert-OH is 1. The minimum absolute atomic E-state index is 0.0591. The molecule has 0 unspecified atom stereocenters. The van der Waals surface area contributed by atoms with E-state index in [4.69, 9.17) is 37.4 Å². The first-order chi connectivity index (χ1) is 17.9. The highest BCUT2D eigenvalue weighted by Gasteiger charge is 2.23. The number of hydrogen-bond acceptors (Lipinski definition) is 7. The van der Waals surface area contributed by atoms with Crippen LogP contribution in [0.25, 0.3) is 0 Å². The zero-order valence-corrected chi connectivity index (χ0v) is 23.8. The Labute approximate surface area is 234 Å². The lowest BCUT2D eigenvalue weighted by Crippen LogP contribution is -2.45. The maximum absolute atomic E-state index is 12.6. The van der Waals surface area contributed by atoms with Gasteiger partial charge in [-0.15, -0.1) is 0 Å². The van der Waals surface area contributed by atoms with Crippen molar-refractivity contribution in [2.45, 2.75) is 58.3 Å². The van der Waals surface area contributed by atoms with Gasteiger partial charge in [0.05, 0.1) is 16.1 Å². The van der Waals surface area contributed by atoms with Crippen molar-refractivity contribution >= 4 is 35.1 Å². The first-order valence-corrected chi connectivity index (χ1v) is 13.4. The summed E-state index contributed by atoms with van der Waals surface area (Å²) in [6.45, 7) is 9.06. The van der Waals surface area contributed by atoms with Crippen LogP contribution < -0.4 is 14.8 Å². The summed E-state index contributed by atoms with van der Waals surface area (Å²) >= 11 is 12.3. The maximum Gasteiger partial charge on any atom is 0.344 e. The van der Waals surface area contributed by atoms with E-state index >= 15 is 0 Å². The number of carbonyl (C=O) groups excluding carboxylic acids is 2. The number of nitrogens with zero attached hydrogens (tertiary/aromatic N) is 1. The van der Waals surface area contributed by atoms with E-state index in [-0.39, 0.29) is 25.2 Å². The average molecular weight is 568 g/mol. The Morgan fingerprint density at radius 2 is 1.87 bits per heavy atom. The van der Waals surface area contributed by atoms with Crippen LogP contribution in [0.5, 0.6) is 11.5 Å². The zero-order valence-electron chi connectivity index (χ0n) is 22.3. The highest BCUT2D eigenvalue weighted by atomic mass is 35.5. The molecule has 1 atom stereocenters. The van der Waals surface area contributed by atoms with Crippen molar-refractivity contribution in [1.29, 1.82) is 0 Å². The van der Waals surface area contributed by atoms with Crippen molar-refractivity contribution in [3.8, 4) is 11.5 Å². The monoisotopic (exact) mass is 566 g/mol. The number of carbonyl (C=O) groups is 2. The van der Waals surface area contributed by atoms with E-state index < -0.39 is 17.7 Å². The number of β-amino-alcohol motifs (C(OH)–C–C–N with tert-alkyl or cyclic N) is 1. The first kappa shape index (κ1) is 30.0. The van der Waals surface area contributed by atoms with Crippen LogP contribution in [-0.4, -0.2) is 72.5 Å². The van der Waals surface area contributed by atoms with E-state index in [0.29, 0.717) is 27.9 Å². The Kier molecular flexibility index (Phi) is 10.7. The normalized spacial score (nSPS) is 15.6. The smallest absolute Gasteiger partial charge is 0.344 e. The van der Waals surface area contributed by atoms with Gasteiger partial charge in [-0.2, -0.15) is 0 Å². The number of piperidine rings is 1. The minimum Gasteiger partial charge on any atom is -0.490 e. The van der Waals surface area contributed by atoms with Crippen LogP contribution in [0.3, 0.4) is 0 Å². The molecular formula is C28H36Cl2N2O6. The number of benzene rings is 2.